The van der Waals surface area contributed by atoms with Crippen molar-refractivity contribution in [2.24, 2.45) is 0 Å². The minimum atomic E-state index is -0.211. The fourth-order valence-corrected chi connectivity index (χ4v) is 2.77. The van der Waals surface area contributed by atoms with Gasteiger partial charge in [-0.2, -0.15) is 0 Å². The van der Waals surface area contributed by atoms with Crippen molar-refractivity contribution >= 4 is 6.03 Å². The van der Waals surface area contributed by atoms with Crippen LogP contribution in [0, 0.1) is 5.82 Å². The van der Waals surface area contributed by atoms with Crippen molar-refractivity contribution in [1.82, 2.24) is 15.1 Å². The molecule has 1 heterocycles. The summed E-state index contributed by atoms with van der Waals surface area (Å²) in [6, 6.07) is 6.68. The number of nitrogens with one attached hydrogen (secondary N) is 1. The van der Waals surface area contributed by atoms with Crippen LogP contribution in [0.15, 0.2) is 24.3 Å². The molecule has 1 fully saturated rings. The summed E-state index contributed by atoms with van der Waals surface area (Å²) in [5, 5.41) is 11.8. The lowest BCUT2D eigenvalue weighted by atomic mass is 10.2. The topological polar surface area (TPSA) is 55.8 Å². The van der Waals surface area contributed by atoms with Gasteiger partial charge in [0.25, 0.3) is 0 Å². The molecule has 5 nitrogen and oxygen atoms in total. The van der Waals surface area contributed by atoms with Crippen LogP contribution in [0.1, 0.15) is 25.3 Å². The molecule has 0 aromatic heterocycles. The van der Waals surface area contributed by atoms with Crippen LogP contribution in [-0.4, -0.2) is 59.8 Å². The van der Waals surface area contributed by atoms with Crippen LogP contribution in [0.2, 0.25) is 0 Å². The molecular formula is C17H26FN3O2. The Labute approximate surface area is 137 Å². The normalized spacial score (nSPS) is 17.1. The number of hydrogen-bond donors (Lipinski definition) is 2. The zero-order valence-electron chi connectivity index (χ0n) is 13.7. The van der Waals surface area contributed by atoms with Gasteiger partial charge >= 0.3 is 6.03 Å². The van der Waals surface area contributed by atoms with Crippen LogP contribution in [0.4, 0.5) is 9.18 Å². The van der Waals surface area contributed by atoms with E-state index in [1.807, 2.05) is 17.9 Å². The van der Waals surface area contributed by atoms with E-state index in [9.17, 15) is 9.18 Å². The van der Waals surface area contributed by atoms with E-state index in [1.54, 1.807) is 12.1 Å². The first-order chi connectivity index (χ1) is 11.1. The van der Waals surface area contributed by atoms with E-state index in [0.29, 0.717) is 26.1 Å². The summed E-state index contributed by atoms with van der Waals surface area (Å²) in [5.41, 5.74) is 0.959. The van der Waals surface area contributed by atoms with Crippen LogP contribution >= 0.6 is 0 Å². The van der Waals surface area contributed by atoms with Crippen molar-refractivity contribution in [3.8, 4) is 0 Å². The van der Waals surface area contributed by atoms with Crippen molar-refractivity contribution in [1.29, 1.82) is 0 Å². The summed E-state index contributed by atoms with van der Waals surface area (Å²) < 4.78 is 13.2. The van der Waals surface area contributed by atoms with Gasteiger partial charge in [-0.25, -0.2) is 9.18 Å². The average Bonchev–Trinajstić information content (AvgIpc) is 2.53. The molecule has 1 atom stereocenters. The number of hydrogen-bond acceptors (Lipinski definition) is 3. The lowest BCUT2D eigenvalue weighted by Crippen LogP contribution is -2.52. The van der Waals surface area contributed by atoms with Crippen LogP contribution in [0.5, 0.6) is 0 Å². The van der Waals surface area contributed by atoms with Crippen LogP contribution in [-0.2, 0) is 6.54 Å². The van der Waals surface area contributed by atoms with Gasteiger partial charge in [-0.1, -0.05) is 12.1 Å². The van der Waals surface area contributed by atoms with Gasteiger partial charge in [0.2, 0.25) is 0 Å². The second-order valence-electron chi connectivity index (χ2n) is 6.11. The second kappa shape index (κ2) is 8.84. The summed E-state index contributed by atoms with van der Waals surface area (Å²) in [7, 11) is 0. The van der Waals surface area contributed by atoms with E-state index in [2.05, 4.69) is 10.2 Å². The quantitative estimate of drug-likeness (QED) is 0.839. The Morgan fingerprint density at radius 1 is 1.35 bits per heavy atom. The molecule has 0 aliphatic carbocycles. The summed E-state index contributed by atoms with van der Waals surface area (Å²) >= 11 is 0. The molecule has 0 saturated carbocycles. The molecule has 2 rings (SSSR count). The molecule has 0 bridgehead atoms. The number of carbonyl (C=O) groups is 1. The Hall–Kier alpha value is -1.66. The molecule has 1 aliphatic heterocycles. The van der Waals surface area contributed by atoms with Gasteiger partial charge in [0, 0.05) is 45.4 Å². The van der Waals surface area contributed by atoms with Gasteiger partial charge < -0.3 is 15.3 Å². The molecule has 1 unspecified atom stereocenters. The predicted molar refractivity (Wildman–Crippen MR) is 87.6 cm³/mol. The lowest BCUT2D eigenvalue weighted by Gasteiger charge is -2.35. The fourth-order valence-electron chi connectivity index (χ4n) is 2.77. The third-order valence-corrected chi connectivity index (χ3v) is 4.12. The highest BCUT2D eigenvalue weighted by molar-refractivity contribution is 5.74. The summed E-state index contributed by atoms with van der Waals surface area (Å²) in [6.45, 7) is 5.73. The van der Waals surface area contributed by atoms with Crippen LogP contribution in [0.25, 0.3) is 0 Å². The number of aliphatic hydroxyl groups is 1. The molecule has 1 aliphatic rings. The molecule has 23 heavy (non-hydrogen) atoms. The van der Waals surface area contributed by atoms with Crippen molar-refractivity contribution in [2.75, 3.05) is 32.8 Å². The minimum absolute atomic E-state index is 0.0409. The lowest BCUT2D eigenvalue weighted by molar-refractivity contribution is 0.133. The minimum Gasteiger partial charge on any atom is -0.396 e. The SMILES string of the molecule is CC(CCCO)NC(=O)N1CCN(Cc2cccc(F)c2)CC1. The van der Waals surface area contributed by atoms with Gasteiger partial charge in [0.15, 0.2) is 0 Å². The predicted octanol–water partition coefficient (Wildman–Crippen LogP) is 1.81. The number of piperazine rings is 1. The monoisotopic (exact) mass is 323 g/mol. The highest BCUT2D eigenvalue weighted by Crippen LogP contribution is 2.10. The molecule has 0 spiro atoms. The van der Waals surface area contributed by atoms with E-state index in [4.69, 9.17) is 5.11 Å². The van der Waals surface area contributed by atoms with Crippen molar-refractivity contribution in [3.63, 3.8) is 0 Å². The van der Waals surface area contributed by atoms with Gasteiger partial charge in [-0.3, -0.25) is 4.90 Å². The number of rotatable bonds is 6. The van der Waals surface area contributed by atoms with Gasteiger partial charge in [-0.15, -0.1) is 0 Å². The number of aliphatic hydroxyl groups excluding tert-OH is 1. The van der Waals surface area contributed by atoms with E-state index >= 15 is 0 Å². The summed E-state index contributed by atoms with van der Waals surface area (Å²) in [4.78, 5) is 16.2. The standard InChI is InChI=1S/C17H26FN3O2/c1-14(4-3-11-22)19-17(23)21-9-7-20(8-10-21)13-15-5-2-6-16(18)12-15/h2,5-6,12,14,22H,3-4,7-11,13H2,1H3,(H,19,23). The molecule has 1 aromatic rings. The average molecular weight is 323 g/mol. The van der Waals surface area contributed by atoms with Crippen molar-refractivity contribution in [3.05, 3.63) is 35.6 Å². The Balaban J connectivity index is 1.74. The third kappa shape index (κ3) is 5.80. The third-order valence-electron chi connectivity index (χ3n) is 4.12. The molecule has 0 radical (unpaired) electrons. The smallest absolute Gasteiger partial charge is 0.317 e. The number of carbonyl (C=O) groups excluding carboxylic acids is 1. The Bertz CT molecular complexity index is 504. The number of urea groups is 1. The zero-order chi connectivity index (χ0) is 16.7. The largest absolute Gasteiger partial charge is 0.396 e. The van der Waals surface area contributed by atoms with E-state index in [-0.39, 0.29) is 24.5 Å². The van der Waals surface area contributed by atoms with E-state index in [1.165, 1.54) is 6.07 Å². The maximum Gasteiger partial charge on any atom is 0.317 e. The van der Waals surface area contributed by atoms with Gasteiger partial charge in [0.05, 0.1) is 0 Å². The highest BCUT2D eigenvalue weighted by Gasteiger charge is 2.21. The molecule has 6 heteroatoms. The second-order valence-corrected chi connectivity index (χ2v) is 6.11. The number of nitrogens with zero attached hydrogens (tertiary/aromatic N) is 2. The first-order valence-corrected chi connectivity index (χ1v) is 8.21. The fraction of sp³-hybridized carbons (Fsp3) is 0.588. The maximum atomic E-state index is 13.2. The molecule has 128 valence electrons. The van der Waals surface area contributed by atoms with Crippen molar-refractivity contribution in [2.45, 2.75) is 32.4 Å². The summed E-state index contributed by atoms with van der Waals surface area (Å²) in [5.74, 6) is -0.211. The van der Waals surface area contributed by atoms with Gasteiger partial charge in [-0.05, 0) is 37.5 Å². The van der Waals surface area contributed by atoms with Crippen molar-refractivity contribution < 1.29 is 14.3 Å². The molecule has 2 amide bonds. The number of benzene rings is 1. The number of amides is 2. The molecule has 1 aromatic carbocycles. The molecule has 1 saturated heterocycles. The molecule has 2 N–H and O–H groups in total. The van der Waals surface area contributed by atoms with Crippen LogP contribution < -0.4 is 5.32 Å². The van der Waals surface area contributed by atoms with E-state index in [0.717, 1.165) is 25.1 Å². The number of halogens is 1. The Morgan fingerprint density at radius 2 is 2.09 bits per heavy atom. The summed E-state index contributed by atoms with van der Waals surface area (Å²) in [6.07, 6.45) is 1.48. The Kier molecular flexibility index (Phi) is 6.80. The van der Waals surface area contributed by atoms with Crippen LogP contribution in [0.3, 0.4) is 0 Å². The first-order valence-electron chi connectivity index (χ1n) is 8.21. The highest BCUT2D eigenvalue weighted by atomic mass is 19.1. The maximum absolute atomic E-state index is 13.2. The van der Waals surface area contributed by atoms with Gasteiger partial charge in [0.1, 0.15) is 5.82 Å². The Morgan fingerprint density at radius 3 is 2.74 bits per heavy atom. The zero-order valence-corrected chi connectivity index (χ0v) is 13.7. The van der Waals surface area contributed by atoms with E-state index < -0.39 is 0 Å². The first kappa shape index (κ1) is 17.7. The molecular weight excluding hydrogens is 297 g/mol.